The molecule has 0 spiro atoms. The number of rotatable bonds is 9. The monoisotopic (exact) mass is 564 g/mol. The van der Waals surface area contributed by atoms with Crippen LogP contribution in [0.1, 0.15) is 18.9 Å². The predicted octanol–water partition coefficient (Wildman–Crippen LogP) is 4.94. The number of halogens is 2. The molecular weight excluding hydrogens is 530 g/mol. The molecule has 1 fully saturated rings. The molecule has 40 heavy (non-hydrogen) atoms. The zero-order valence-corrected chi connectivity index (χ0v) is 23.4. The number of nitrogens with zero attached hydrogens (tertiary/aromatic N) is 3. The first-order valence-corrected chi connectivity index (χ1v) is 14.6. The maximum absolute atomic E-state index is 14.1. The Kier molecular flexibility index (Phi) is 9.01. The van der Waals surface area contributed by atoms with Gasteiger partial charge in [-0.2, -0.15) is 0 Å². The summed E-state index contributed by atoms with van der Waals surface area (Å²) in [6, 6.07) is 20.7. The van der Waals surface area contributed by atoms with Gasteiger partial charge in [-0.1, -0.05) is 43.3 Å². The van der Waals surface area contributed by atoms with Crippen molar-refractivity contribution in [2.75, 3.05) is 49.1 Å². The van der Waals surface area contributed by atoms with E-state index in [1.165, 1.54) is 30.0 Å². The van der Waals surface area contributed by atoms with E-state index in [-0.39, 0.29) is 23.4 Å². The summed E-state index contributed by atoms with van der Waals surface area (Å²) in [6.45, 7) is 6.70. The summed E-state index contributed by atoms with van der Waals surface area (Å²) < 4.78 is 27.5. The van der Waals surface area contributed by atoms with E-state index in [4.69, 9.17) is 0 Å². The van der Waals surface area contributed by atoms with Crippen LogP contribution >= 0.6 is 11.8 Å². The Balaban J connectivity index is 1.12. The third kappa shape index (κ3) is 6.47. The fourth-order valence-corrected chi connectivity index (χ4v) is 6.51. The topological polar surface area (TPSA) is 55.9 Å². The molecule has 2 amide bonds. The lowest BCUT2D eigenvalue weighted by Crippen LogP contribution is -2.48. The van der Waals surface area contributed by atoms with Crippen molar-refractivity contribution in [1.82, 2.24) is 10.2 Å². The Hall–Kier alpha value is -3.43. The van der Waals surface area contributed by atoms with Gasteiger partial charge < -0.3 is 15.1 Å². The van der Waals surface area contributed by atoms with Crippen LogP contribution in [0.25, 0.3) is 0 Å². The van der Waals surface area contributed by atoms with Crippen molar-refractivity contribution in [3.63, 3.8) is 0 Å². The van der Waals surface area contributed by atoms with E-state index in [9.17, 15) is 18.4 Å². The van der Waals surface area contributed by atoms with Gasteiger partial charge in [-0.3, -0.25) is 14.5 Å². The molecule has 5 rings (SSSR count). The number of hydrogen-bond donors (Lipinski definition) is 1. The van der Waals surface area contributed by atoms with Crippen molar-refractivity contribution >= 4 is 35.0 Å². The molecule has 6 nitrogen and oxygen atoms in total. The molecule has 0 bridgehead atoms. The molecule has 3 aromatic rings. The largest absolute Gasteiger partial charge is 0.367 e. The van der Waals surface area contributed by atoms with Gasteiger partial charge in [0.1, 0.15) is 16.9 Å². The van der Waals surface area contributed by atoms with Crippen LogP contribution in [0.3, 0.4) is 0 Å². The van der Waals surface area contributed by atoms with E-state index < -0.39 is 11.2 Å². The molecule has 1 N–H and O–H groups in total. The second kappa shape index (κ2) is 12.8. The molecule has 0 unspecified atom stereocenters. The summed E-state index contributed by atoms with van der Waals surface area (Å²) in [7, 11) is 0. The van der Waals surface area contributed by atoms with Crippen molar-refractivity contribution < 1.29 is 18.4 Å². The van der Waals surface area contributed by atoms with E-state index in [0.717, 1.165) is 55.3 Å². The summed E-state index contributed by atoms with van der Waals surface area (Å²) in [5.74, 6) is -1.30. The van der Waals surface area contributed by atoms with Crippen LogP contribution in [-0.2, 0) is 16.1 Å². The Morgan fingerprint density at radius 1 is 0.950 bits per heavy atom. The fraction of sp³-hybridized carbons (Fsp3) is 0.355. The highest BCUT2D eigenvalue weighted by Gasteiger charge is 2.39. The van der Waals surface area contributed by atoms with E-state index in [2.05, 4.69) is 15.1 Å². The van der Waals surface area contributed by atoms with Gasteiger partial charge in [0, 0.05) is 37.6 Å². The number of piperazine rings is 1. The third-order valence-corrected chi connectivity index (χ3v) is 9.02. The zero-order chi connectivity index (χ0) is 28.1. The van der Waals surface area contributed by atoms with E-state index >= 15 is 0 Å². The van der Waals surface area contributed by atoms with Crippen LogP contribution in [0, 0.1) is 17.6 Å². The molecule has 2 atom stereocenters. The first-order valence-electron chi connectivity index (χ1n) is 13.7. The number of nitrogens with one attached hydrogen (secondary N) is 1. The van der Waals surface area contributed by atoms with E-state index in [1.807, 2.05) is 36.4 Å². The van der Waals surface area contributed by atoms with Crippen molar-refractivity contribution in [2.45, 2.75) is 30.0 Å². The number of carbonyl (C=O) groups is 2. The SMILES string of the molecule is C[C@@H](C(=O)NCCCN1CCN(c2ccccc2F)CC1)[C@@H]1Sc2ccccc2N(Cc2ccc(F)cc2)C1=O. The molecule has 9 heteroatoms. The van der Waals surface area contributed by atoms with Gasteiger partial charge >= 0.3 is 0 Å². The summed E-state index contributed by atoms with van der Waals surface area (Å²) >= 11 is 1.43. The number of carbonyl (C=O) groups excluding carboxylic acids is 2. The van der Waals surface area contributed by atoms with Gasteiger partial charge in [-0.25, -0.2) is 8.78 Å². The van der Waals surface area contributed by atoms with Crippen molar-refractivity contribution in [1.29, 1.82) is 0 Å². The summed E-state index contributed by atoms with van der Waals surface area (Å²) in [5.41, 5.74) is 2.28. The number of hydrogen-bond acceptors (Lipinski definition) is 5. The first kappa shape index (κ1) is 28.1. The van der Waals surface area contributed by atoms with Gasteiger partial charge in [0.2, 0.25) is 11.8 Å². The van der Waals surface area contributed by atoms with E-state index in [0.29, 0.717) is 18.8 Å². The third-order valence-electron chi connectivity index (χ3n) is 7.56. The van der Waals surface area contributed by atoms with Gasteiger partial charge in [-0.15, -0.1) is 11.8 Å². The summed E-state index contributed by atoms with van der Waals surface area (Å²) in [4.78, 5) is 33.8. The molecule has 0 aliphatic carbocycles. The molecule has 2 heterocycles. The van der Waals surface area contributed by atoms with Crippen LogP contribution in [0.2, 0.25) is 0 Å². The molecule has 2 aliphatic rings. The molecule has 0 aromatic heterocycles. The van der Waals surface area contributed by atoms with Crippen LogP contribution in [-0.4, -0.2) is 61.2 Å². The molecule has 210 valence electrons. The number of fused-ring (bicyclic) bond motifs is 1. The Morgan fingerprint density at radius 2 is 1.62 bits per heavy atom. The lowest BCUT2D eigenvalue weighted by Gasteiger charge is -2.36. The standard InChI is InChI=1S/C31H34F2N4O2S/c1-22(30(38)34-15-6-16-35-17-19-36(20-18-35)26-8-3-2-7-25(26)33)29-31(39)37(21-23-11-13-24(32)14-12-23)27-9-4-5-10-28(27)40-29/h2-5,7-14,22,29H,6,15-21H2,1H3,(H,34,38)/t22-,29+/m1/s1. The van der Waals surface area contributed by atoms with Gasteiger partial charge in [0.15, 0.2) is 0 Å². The summed E-state index contributed by atoms with van der Waals surface area (Å²) in [6.07, 6.45) is 0.795. The minimum Gasteiger partial charge on any atom is -0.367 e. The highest BCUT2D eigenvalue weighted by Crippen LogP contribution is 2.42. The van der Waals surface area contributed by atoms with Crippen LogP contribution in [0.5, 0.6) is 0 Å². The molecule has 2 aliphatic heterocycles. The van der Waals surface area contributed by atoms with Gasteiger partial charge in [-0.05, 0) is 54.9 Å². The molecule has 0 saturated carbocycles. The van der Waals surface area contributed by atoms with Crippen molar-refractivity contribution in [2.24, 2.45) is 5.92 Å². The Morgan fingerprint density at radius 3 is 2.35 bits per heavy atom. The lowest BCUT2D eigenvalue weighted by atomic mass is 10.0. The average Bonchev–Trinajstić information content (AvgIpc) is 2.98. The Labute approximate surface area is 238 Å². The molecular formula is C31H34F2N4O2S. The average molecular weight is 565 g/mol. The van der Waals surface area contributed by atoms with Crippen molar-refractivity contribution in [3.05, 3.63) is 90.0 Å². The summed E-state index contributed by atoms with van der Waals surface area (Å²) in [5, 5.41) is 2.47. The maximum atomic E-state index is 14.1. The maximum Gasteiger partial charge on any atom is 0.241 e. The highest BCUT2D eigenvalue weighted by atomic mass is 32.2. The number of thioether (sulfide) groups is 1. The number of amides is 2. The normalized spacial score (nSPS) is 18.4. The number of benzene rings is 3. The quantitative estimate of drug-likeness (QED) is 0.374. The molecule has 3 aromatic carbocycles. The zero-order valence-electron chi connectivity index (χ0n) is 22.6. The van der Waals surface area contributed by atoms with E-state index in [1.54, 1.807) is 30.0 Å². The molecule has 0 radical (unpaired) electrons. The van der Waals surface area contributed by atoms with Crippen molar-refractivity contribution in [3.8, 4) is 0 Å². The Bertz CT molecular complexity index is 1330. The van der Waals surface area contributed by atoms with Crippen LogP contribution < -0.4 is 15.1 Å². The second-order valence-electron chi connectivity index (χ2n) is 10.3. The number of para-hydroxylation sites is 2. The first-order chi connectivity index (χ1) is 19.4. The lowest BCUT2D eigenvalue weighted by molar-refractivity contribution is -0.128. The number of anilines is 2. The minimum atomic E-state index is -0.554. The second-order valence-corrected chi connectivity index (χ2v) is 11.5. The van der Waals surface area contributed by atoms with Gasteiger partial charge in [0.05, 0.1) is 23.8 Å². The predicted molar refractivity (Wildman–Crippen MR) is 156 cm³/mol. The van der Waals surface area contributed by atoms with Gasteiger partial charge in [0.25, 0.3) is 0 Å². The molecule has 1 saturated heterocycles. The highest BCUT2D eigenvalue weighted by molar-refractivity contribution is 8.01. The van der Waals surface area contributed by atoms with Crippen LogP contribution in [0.4, 0.5) is 20.2 Å². The minimum absolute atomic E-state index is 0.122. The fourth-order valence-electron chi connectivity index (χ4n) is 5.22. The van der Waals surface area contributed by atoms with Crippen LogP contribution in [0.15, 0.2) is 77.7 Å². The smallest absolute Gasteiger partial charge is 0.241 e.